The van der Waals surface area contributed by atoms with Crippen LogP contribution >= 0.6 is 24.0 Å². The van der Waals surface area contributed by atoms with Gasteiger partial charge in [-0.1, -0.05) is 0 Å². The van der Waals surface area contributed by atoms with Crippen LogP contribution in [0.3, 0.4) is 0 Å². The van der Waals surface area contributed by atoms with Gasteiger partial charge in [0.25, 0.3) is 0 Å². The van der Waals surface area contributed by atoms with Crippen molar-refractivity contribution in [2.24, 2.45) is 10.7 Å². The van der Waals surface area contributed by atoms with E-state index in [4.69, 9.17) is 5.73 Å². The van der Waals surface area contributed by atoms with Crippen LogP contribution in [0.4, 0.5) is 0 Å². The highest BCUT2D eigenvalue weighted by Gasteiger charge is 2.21. The van der Waals surface area contributed by atoms with Gasteiger partial charge in [-0.05, 0) is 25.3 Å². The highest BCUT2D eigenvalue weighted by Crippen LogP contribution is 2.17. The lowest BCUT2D eigenvalue weighted by molar-refractivity contribution is 0.584. The Balaban J connectivity index is 0.00000128. The molecular weight excluding hydrogens is 317 g/mol. The minimum Gasteiger partial charge on any atom is -0.370 e. The number of rotatable bonds is 5. The predicted octanol–water partition coefficient (Wildman–Crippen LogP) is 0.958. The highest BCUT2D eigenvalue weighted by atomic mass is 127. The summed E-state index contributed by atoms with van der Waals surface area (Å²) >= 11 is 0. The lowest BCUT2D eigenvalue weighted by Crippen LogP contribution is -2.33. The number of halogens is 1. The van der Waals surface area contributed by atoms with Crippen LogP contribution in [0.15, 0.2) is 23.5 Å². The van der Waals surface area contributed by atoms with E-state index in [-0.39, 0.29) is 24.0 Å². The summed E-state index contributed by atoms with van der Waals surface area (Å²) in [6, 6.07) is 2.51. The second kappa shape index (κ2) is 6.72. The van der Waals surface area contributed by atoms with Gasteiger partial charge >= 0.3 is 0 Å². The van der Waals surface area contributed by atoms with Crippen molar-refractivity contribution in [3.63, 3.8) is 0 Å². The van der Waals surface area contributed by atoms with Gasteiger partial charge in [-0.15, -0.1) is 24.0 Å². The van der Waals surface area contributed by atoms with Crippen molar-refractivity contribution >= 4 is 29.9 Å². The summed E-state index contributed by atoms with van der Waals surface area (Å²) in [5, 5.41) is 7.27. The molecule has 1 aliphatic rings. The van der Waals surface area contributed by atoms with E-state index >= 15 is 0 Å². The number of nitrogens with two attached hydrogens (primary N) is 1. The number of aryl methyl sites for hydroxylation is 1. The molecule has 0 radical (unpaired) electrons. The maximum atomic E-state index is 5.69. The first kappa shape index (κ1) is 13.3. The van der Waals surface area contributed by atoms with Crippen LogP contribution in [0.1, 0.15) is 19.3 Å². The third-order valence-corrected chi connectivity index (χ3v) is 2.32. The molecule has 0 aromatic carbocycles. The first-order valence-electron chi connectivity index (χ1n) is 5.38. The van der Waals surface area contributed by atoms with Crippen LogP contribution < -0.4 is 11.1 Å². The molecule has 0 atom stereocenters. The number of aromatic nitrogens is 2. The molecule has 1 fully saturated rings. The fraction of sp³-hybridized carbons (Fsp3) is 0.600. The summed E-state index contributed by atoms with van der Waals surface area (Å²) in [5.74, 6) is 0.581. The van der Waals surface area contributed by atoms with Crippen molar-refractivity contribution in [3.05, 3.63) is 18.5 Å². The maximum Gasteiger partial charge on any atom is 0.188 e. The monoisotopic (exact) mass is 335 g/mol. The number of nitrogens with one attached hydrogen (secondary N) is 1. The summed E-state index contributed by atoms with van der Waals surface area (Å²) in [5.41, 5.74) is 5.69. The second-order valence-corrected chi connectivity index (χ2v) is 3.81. The van der Waals surface area contributed by atoms with E-state index in [0.29, 0.717) is 12.0 Å². The molecule has 5 nitrogen and oxygen atoms in total. The molecule has 0 unspecified atom stereocenters. The molecular formula is C10H18IN5. The smallest absolute Gasteiger partial charge is 0.188 e. The van der Waals surface area contributed by atoms with Gasteiger partial charge in [0, 0.05) is 31.5 Å². The van der Waals surface area contributed by atoms with Crippen LogP contribution in [-0.2, 0) is 6.54 Å². The fourth-order valence-corrected chi connectivity index (χ4v) is 1.35. The van der Waals surface area contributed by atoms with E-state index in [1.54, 1.807) is 6.20 Å². The van der Waals surface area contributed by atoms with E-state index in [2.05, 4.69) is 15.4 Å². The van der Waals surface area contributed by atoms with Gasteiger partial charge in [0.15, 0.2) is 5.96 Å². The zero-order valence-electron chi connectivity index (χ0n) is 9.17. The summed E-state index contributed by atoms with van der Waals surface area (Å²) in [6.45, 7) is 1.65. The first-order chi connectivity index (χ1) is 7.34. The van der Waals surface area contributed by atoms with E-state index in [0.717, 1.165) is 19.5 Å². The number of nitrogens with zero attached hydrogens (tertiary/aromatic N) is 3. The van der Waals surface area contributed by atoms with E-state index in [9.17, 15) is 0 Å². The molecule has 0 amide bonds. The molecule has 1 aromatic heterocycles. The van der Waals surface area contributed by atoms with Crippen LogP contribution in [0.5, 0.6) is 0 Å². The first-order valence-corrected chi connectivity index (χ1v) is 5.38. The minimum absolute atomic E-state index is 0. The van der Waals surface area contributed by atoms with Crippen LogP contribution in [0.2, 0.25) is 0 Å². The normalized spacial score (nSPS) is 15.6. The Bertz CT molecular complexity index is 318. The van der Waals surface area contributed by atoms with E-state index < -0.39 is 0 Å². The standard InChI is InChI=1S/C10H17N5.HI/c11-10(14-9-3-4-9)12-5-1-7-15-8-2-6-13-15;/h2,6,8-9H,1,3-5,7H2,(H3,11,12,14);1H. The number of hydrogen-bond acceptors (Lipinski definition) is 2. The summed E-state index contributed by atoms with van der Waals surface area (Å²) < 4.78 is 1.90. The average Bonchev–Trinajstić information content (AvgIpc) is 2.87. The van der Waals surface area contributed by atoms with E-state index in [1.165, 1.54) is 12.8 Å². The third kappa shape index (κ3) is 4.82. The number of guanidine groups is 1. The zero-order valence-corrected chi connectivity index (χ0v) is 11.5. The lowest BCUT2D eigenvalue weighted by Gasteiger charge is -2.03. The van der Waals surface area contributed by atoms with Crippen molar-refractivity contribution in [1.82, 2.24) is 15.1 Å². The molecule has 0 aliphatic heterocycles. The molecule has 0 saturated heterocycles. The van der Waals surface area contributed by atoms with Gasteiger partial charge in [-0.3, -0.25) is 9.67 Å². The summed E-state index contributed by atoms with van der Waals surface area (Å²) in [7, 11) is 0. The summed E-state index contributed by atoms with van der Waals surface area (Å²) in [6.07, 6.45) is 7.16. The van der Waals surface area contributed by atoms with Crippen molar-refractivity contribution < 1.29 is 0 Å². The van der Waals surface area contributed by atoms with Crippen molar-refractivity contribution in [1.29, 1.82) is 0 Å². The summed E-state index contributed by atoms with van der Waals surface area (Å²) in [4.78, 5) is 4.25. The maximum absolute atomic E-state index is 5.69. The van der Waals surface area contributed by atoms with Gasteiger partial charge in [0.1, 0.15) is 0 Å². The fourth-order valence-electron chi connectivity index (χ4n) is 1.35. The van der Waals surface area contributed by atoms with Crippen LogP contribution in [0, 0.1) is 0 Å². The quantitative estimate of drug-likeness (QED) is 0.365. The Labute approximate surface area is 113 Å². The predicted molar refractivity (Wildman–Crippen MR) is 74.9 cm³/mol. The highest BCUT2D eigenvalue weighted by molar-refractivity contribution is 14.0. The Kier molecular flexibility index (Phi) is 5.58. The van der Waals surface area contributed by atoms with Gasteiger partial charge in [0.2, 0.25) is 0 Å². The topological polar surface area (TPSA) is 68.2 Å². The molecule has 1 aromatic rings. The molecule has 6 heteroatoms. The van der Waals surface area contributed by atoms with Gasteiger partial charge in [-0.25, -0.2) is 0 Å². The molecule has 1 saturated carbocycles. The SMILES string of the molecule is I.NC(=NCCCn1cccn1)NC1CC1. The lowest BCUT2D eigenvalue weighted by atomic mass is 10.4. The number of hydrogen-bond donors (Lipinski definition) is 2. The Morgan fingerprint density at radius 2 is 2.38 bits per heavy atom. The molecule has 1 heterocycles. The third-order valence-electron chi connectivity index (χ3n) is 2.32. The minimum atomic E-state index is 0. The second-order valence-electron chi connectivity index (χ2n) is 3.81. The van der Waals surface area contributed by atoms with Crippen molar-refractivity contribution in [2.75, 3.05) is 6.54 Å². The largest absolute Gasteiger partial charge is 0.370 e. The van der Waals surface area contributed by atoms with Gasteiger partial charge in [-0.2, -0.15) is 5.10 Å². The Hall–Kier alpha value is -0.790. The number of aliphatic imine (C=N–C) groups is 1. The molecule has 0 bridgehead atoms. The zero-order chi connectivity index (χ0) is 10.5. The van der Waals surface area contributed by atoms with Crippen molar-refractivity contribution in [3.8, 4) is 0 Å². The molecule has 16 heavy (non-hydrogen) atoms. The average molecular weight is 335 g/mol. The molecule has 1 aliphatic carbocycles. The van der Waals surface area contributed by atoms with Gasteiger partial charge in [0.05, 0.1) is 0 Å². The molecule has 2 rings (SSSR count). The van der Waals surface area contributed by atoms with Crippen molar-refractivity contribution in [2.45, 2.75) is 31.8 Å². The Morgan fingerprint density at radius 1 is 1.56 bits per heavy atom. The molecule has 0 spiro atoms. The Morgan fingerprint density at radius 3 is 3.00 bits per heavy atom. The van der Waals surface area contributed by atoms with E-state index in [1.807, 2.05) is 16.9 Å². The molecule has 3 N–H and O–H groups in total. The van der Waals surface area contributed by atoms with Crippen LogP contribution in [0.25, 0.3) is 0 Å². The molecule has 90 valence electrons. The van der Waals surface area contributed by atoms with Gasteiger partial charge < -0.3 is 11.1 Å². The van der Waals surface area contributed by atoms with Crippen LogP contribution in [-0.4, -0.2) is 28.3 Å².